The van der Waals surface area contributed by atoms with E-state index in [9.17, 15) is 9.59 Å². The SMILES string of the molecule is CNCC(=O)NCC(=O)NCCN. The lowest BCUT2D eigenvalue weighted by Crippen LogP contribution is -2.41. The first-order valence-corrected chi connectivity index (χ1v) is 4.08. The Morgan fingerprint density at radius 1 is 1.15 bits per heavy atom. The number of hydrogen-bond acceptors (Lipinski definition) is 4. The Balaban J connectivity index is 3.40. The van der Waals surface area contributed by atoms with Crippen LogP contribution >= 0.6 is 0 Å². The first-order valence-electron chi connectivity index (χ1n) is 4.08. The molecule has 0 atom stereocenters. The zero-order valence-electron chi connectivity index (χ0n) is 7.72. The fourth-order valence-electron chi connectivity index (χ4n) is 0.676. The molecule has 0 aromatic carbocycles. The van der Waals surface area contributed by atoms with Gasteiger partial charge in [0.2, 0.25) is 11.8 Å². The van der Waals surface area contributed by atoms with Gasteiger partial charge in [0, 0.05) is 13.1 Å². The van der Waals surface area contributed by atoms with Gasteiger partial charge in [0.15, 0.2) is 0 Å². The third-order valence-corrected chi connectivity index (χ3v) is 1.25. The summed E-state index contributed by atoms with van der Waals surface area (Å²) in [7, 11) is 1.66. The van der Waals surface area contributed by atoms with Gasteiger partial charge in [0.05, 0.1) is 13.1 Å². The van der Waals surface area contributed by atoms with Crippen molar-refractivity contribution < 1.29 is 9.59 Å². The number of carbonyl (C=O) groups is 2. The van der Waals surface area contributed by atoms with Crippen LogP contribution in [0.25, 0.3) is 0 Å². The van der Waals surface area contributed by atoms with Crippen molar-refractivity contribution in [2.24, 2.45) is 5.73 Å². The molecule has 0 radical (unpaired) electrons. The highest BCUT2D eigenvalue weighted by molar-refractivity contribution is 5.85. The van der Waals surface area contributed by atoms with Crippen molar-refractivity contribution >= 4 is 11.8 Å². The van der Waals surface area contributed by atoms with Gasteiger partial charge >= 0.3 is 0 Å². The maximum atomic E-state index is 10.9. The topological polar surface area (TPSA) is 96.2 Å². The minimum Gasteiger partial charge on any atom is -0.353 e. The molecule has 6 heteroatoms. The van der Waals surface area contributed by atoms with Crippen molar-refractivity contribution in [3.63, 3.8) is 0 Å². The van der Waals surface area contributed by atoms with Crippen LogP contribution in [0, 0.1) is 0 Å². The summed E-state index contributed by atoms with van der Waals surface area (Å²) in [5.74, 6) is -0.430. The monoisotopic (exact) mass is 188 g/mol. The Morgan fingerprint density at radius 2 is 1.77 bits per heavy atom. The average Bonchev–Trinajstić information content (AvgIpc) is 2.12. The number of hydrogen-bond donors (Lipinski definition) is 4. The van der Waals surface area contributed by atoms with Crippen LogP contribution in [0.3, 0.4) is 0 Å². The molecule has 2 amide bonds. The second kappa shape index (κ2) is 7.51. The first-order chi connectivity index (χ1) is 6.20. The molecule has 0 aliphatic rings. The molecule has 0 unspecified atom stereocenters. The van der Waals surface area contributed by atoms with Crippen LogP contribution in [0.2, 0.25) is 0 Å². The summed E-state index contributed by atoms with van der Waals surface area (Å²) in [4.78, 5) is 21.8. The molecule has 0 aliphatic carbocycles. The van der Waals surface area contributed by atoms with E-state index < -0.39 is 0 Å². The van der Waals surface area contributed by atoms with E-state index in [1.54, 1.807) is 7.05 Å². The molecule has 0 heterocycles. The highest BCUT2D eigenvalue weighted by atomic mass is 16.2. The minimum absolute atomic E-state index is 0.000509. The summed E-state index contributed by atoms with van der Waals surface area (Å²) in [6, 6.07) is 0. The zero-order valence-corrected chi connectivity index (χ0v) is 7.72. The molecule has 0 aliphatic heterocycles. The maximum absolute atomic E-state index is 10.9. The Hall–Kier alpha value is -1.14. The highest BCUT2D eigenvalue weighted by Crippen LogP contribution is 1.65. The second-order valence-electron chi connectivity index (χ2n) is 2.45. The average molecular weight is 188 g/mol. The Labute approximate surface area is 77.2 Å². The van der Waals surface area contributed by atoms with Crippen LogP contribution in [-0.2, 0) is 9.59 Å². The Bertz CT molecular complexity index is 172. The van der Waals surface area contributed by atoms with Crippen LogP contribution in [0.15, 0.2) is 0 Å². The molecule has 0 aromatic rings. The van der Waals surface area contributed by atoms with E-state index in [1.807, 2.05) is 0 Å². The van der Waals surface area contributed by atoms with Crippen molar-refractivity contribution in [2.75, 3.05) is 33.2 Å². The zero-order chi connectivity index (χ0) is 10.1. The molecular weight excluding hydrogens is 172 g/mol. The van der Waals surface area contributed by atoms with Crippen LogP contribution < -0.4 is 21.7 Å². The van der Waals surface area contributed by atoms with E-state index in [-0.39, 0.29) is 24.9 Å². The molecule has 6 nitrogen and oxygen atoms in total. The van der Waals surface area contributed by atoms with Crippen molar-refractivity contribution in [1.82, 2.24) is 16.0 Å². The summed E-state index contributed by atoms with van der Waals surface area (Å²) in [5.41, 5.74) is 5.17. The van der Waals surface area contributed by atoms with Crippen LogP contribution in [-0.4, -0.2) is 45.0 Å². The normalized spacial score (nSPS) is 9.38. The number of nitrogens with one attached hydrogen (secondary N) is 3. The summed E-state index contributed by atoms with van der Waals surface area (Å²) in [5, 5.41) is 7.64. The third kappa shape index (κ3) is 7.23. The molecule has 0 saturated carbocycles. The molecule has 13 heavy (non-hydrogen) atoms. The van der Waals surface area contributed by atoms with Crippen LogP contribution in [0.5, 0.6) is 0 Å². The lowest BCUT2D eigenvalue weighted by molar-refractivity contribution is -0.125. The predicted molar refractivity (Wildman–Crippen MR) is 49.0 cm³/mol. The van der Waals surface area contributed by atoms with Gasteiger partial charge < -0.3 is 21.7 Å². The van der Waals surface area contributed by atoms with Crippen LogP contribution in [0.4, 0.5) is 0 Å². The van der Waals surface area contributed by atoms with E-state index in [4.69, 9.17) is 5.73 Å². The van der Waals surface area contributed by atoms with E-state index >= 15 is 0 Å². The van der Waals surface area contributed by atoms with Gasteiger partial charge in [-0.1, -0.05) is 0 Å². The number of nitrogens with two attached hydrogens (primary N) is 1. The van der Waals surface area contributed by atoms with Gasteiger partial charge in [-0.2, -0.15) is 0 Å². The van der Waals surface area contributed by atoms with Crippen molar-refractivity contribution in [2.45, 2.75) is 0 Å². The van der Waals surface area contributed by atoms with E-state index in [0.29, 0.717) is 13.1 Å². The molecule has 0 fully saturated rings. The molecule has 0 saturated heterocycles. The van der Waals surface area contributed by atoms with Gasteiger partial charge in [0.25, 0.3) is 0 Å². The molecule has 76 valence electrons. The largest absolute Gasteiger partial charge is 0.353 e. The standard InChI is InChI=1S/C7H16N4O2/c1-9-4-6(12)11-5-7(13)10-3-2-8/h9H,2-5,8H2,1H3,(H,10,13)(H,11,12). The number of carbonyl (C=O) groups excluding carboxylic acids is 2. The third-order valence-electron chi connectivity index (χ3n) is 1.25. The lowest BCUT2D eigenvalue weighted by Gasteiger charge is -2.04. The minimum atomic E-state index is -0.227. The summed E-state index contributed by atoms with van der Waals surface area (Å²) < 4.78 is 0. The number of likely N-dealkylation sites (N-methyl/N-ethyl adjacent to an activating group) is 1. The van der Waals surface area contributed by atoms with Gasteiger partial charge in [-0.3, -0.25) is 9.59 Å². The fraction of sp³-hybridized carbons (Fsp3) is 0.714. The molecule has 0 rings (SSSR count). The van der Waals surface area contributed by atoms with Gasteiger partial charge in [-0.05, 0) is 7.05 Å². The van der Waals surface area contributed by atoms with Crippen molar-refractivity contribution in [1.29, 1.82) is 0 Å². The van der Waals surface area contributed by atoms with E-state index in [2.05, 4.69) is 16.0 Å². The van der Waals surface area contributed by atoms with E-state index in [0.717, 1.165) is 0 Å². The first kappa shape index (κ1) is 11.9. The Kier molecular flexibility index (Phi) is 6.85. The fourth-order valence-corrected chi connectivity index (χ4v) is 0.676. The van der Waals surface area contributed by atoms with Crippen molar-refractivity contribution in [3.05, 3.63) is 0 Å². The highest BCUT2D eigenvalue weighted by Gasteiger charge is 2.02. The quantitative estimate of drug-likeness (QED) is 0.367. The Morgan fingerprint density at radius 3 is 2.31 bits per heavy atom. The smallest absolute Gasteiger partial charge is 0.239 e. The molecule has 5 N–H and O–H groups in total. The second-order valence-corrected chi connectivity index (χ2v) is 2.45. The maximum Gasteiger partial charge on any atom is 0.239 e. The van der Waals surface area contributed by atoms with Gasteiger partial charge in [-0.25, -0.2) is 0 Å². The lowest BCUT2D eigenvalue weighted by atomic mass is 10.5. The summed E-state index contributed by atoms with van der Waals surface area (Å²) in [6.07, 6.45) is 0. The number of rotatable bonds is 6. The molecule has 0 spiro atoms. The van der Waals surface area contributed by atoms with Gasteiger partial charge in [-0.15, -0.1) is 0 Å². The van der Waals surface area contributed by atoms with E-state index in [1.165, 1.54) is 0 Å². The summed E-state index contributed by atoms with van der Waals surface area (Å²) >= 11 is 0. The van der Waals surface area contributed by atoms with Crippen LogP contribution in [0.1, 0.15) is 0 Å². The molecular formula is C7H16N4O2. The predicted octanol–water partition coefficient (Wildman–Crippen LogP) is -2.60. The van der Waals surface area contributed by atoms with Gasteiger partial charge in [0.1, 0.15) is 0 Å². The molecule has 0 aromatic heterocycles. The summed E-state index contributed by atoms with van der Waals surface area (Å²) in [6.45, 7) is 1.04. The van der Waals surface area contributed by atoms with Crippen molar-refractivity contribution in [3.8, 4) is 0 Å². The molecule has 0 bridgehead atoms. The number of amides is 2.